The van der Waals surface area contributed by atoms with E-state index >= 15 is 0 Å². The molecule has 1 aromatic rings. The van der Waals surface area contributed by atoms with E-state index in [0.29, 0.717) is 6.54 Å². The van der Waals surface area contributed by atoms with Crippen LogP contribution in [0.5, 0.6) is 0 Å². The van der Waals surface area contributed by atoms with Gasteiger partial charge in [0.1, 0.15) is 0 Å². The van der Waals surface area contributed by atoms with Gasteiger partial charge < -0.3 is 10.5 Å². The SMILES string of the molecule is CCOCCN(CC)C(CN)c1ccc(Br)c(Br)c1. The van der Waals surface area contributed by atoms with Crippen LogP contribution in [0.2, 0.25) is 0 Å². The van der Waals surface area contributed by atoms with E-state index in [1.165, 1.54) is 5.56 Å². The van der Waals surface area contributed by atoms with E-state index < -0.39 is 0 Å². The third-order valence-corrected chi connectivity index (χ3v) is 5.01. The fraction of sp³-hybridized carbons (Fsp3) is 0.571. The molecule has 0 saturated carbocycles. The number of benzene rings is 1. The minimum absolute atomic E-state index is 0.231. The van der Waals surface area contributed by atoms with E-state index in [4.69, 9.17) is 10.5 Å². The van der Waals surface area contributed by atoms with Crippen LogP contribution < -0.4 is 5.73 Å². The standard InChI is InChI=1S/C14H22Br2N2O/c1-3-18(7-8-19-4-2)14(10-17)11-5-6-12(15)13(16)9-11/h5-6,9,14H,3-4,7-8,10,17H2,1-2H3. The van der Waals surface area contributed by atoms with Crippen molar-refractivity contribution in [2.24, 2.45) is 5.73 Å². The van der Waals surface area contributed by atoms with Gasteiger partial charge in [0.05, 0.1) is 6.61 Å². The number of hydrogen-bond donors (Lipinski definition) is 1. The lowest BCUT2D eigenvalue weighted by atomic mass is 10.1. The molecule has 0 spiro atoms. The van der Waals surface area contributed by atoms with Crippen molar-refractivity contribution in [3.8, 4) is 0 Å². The van der Waals surface area contributed by atoms with Crippen molar-refractivity contribution >= 4 is 31.9 Å². The number of nitrogens with zero attached hydrogens (tertiary/aromatic N) is 1. The molecule has 0 amide bonds. The van der Waals surface area contributed by atoms with Crippen LogP contribution in [0, 0.1) is 0 Å². The van der Waals surface area contributed by atoms with E-state index in [9.17, 15) is 0 Å². The Morgan fingerprint density at radius 2 is 2.00 bits per heavy atom. The molecule has 0 aliphatic heterocycles. The molecule has 2 N–H and O–H groups in total. The summed E-state index contributed by atoms with van der Waals surface area (Å²) in [4.78, 5) is 2.35. The normalized spacial score (nSPS) is 12.9. The number of halogens is 2. The van der Waals surface area contributed by atoms with E-state index in [1.807, 2.05) is 6.92 Å². The van der Waals surface area contributed by atoms with Crippen LogP contribution in [0.4, 0.5) is 0 Å². The number of nitrogens with two attached hydrogens (primary N) is 1. The van der Waals surface area contributed by atoms with Gasteiger partial charge >= 0.3 is 0 Å². The summed E-state index contributed by atoms with van der Waals surface area (Å²) >= 11 is 7.04. The molecule has 0 radical (unpaired) electrons. The Morgan fingerprint density at radius 3 is 2.53 bits per heavy atom. The van der Waals surface area contributed by atoms with Gasteiger partial charge in [0.2, 0.25) is 0 Å². The van der Waals surface area contributed by atoms with Crippen LogP contribution in [-0.2, 0) is 4.74 Å². The largest absolute Gasteiger partial charge is 0.380 e. The van der Waals surface area contributed by atoms with Gasteiger partial charge in [-0.1, -0.05) is 13.0 Å². The van der Waals surface area contributed by atoms with Crippen LogP contribution in [0.15, 0.2) is 27.1 Å². The second-order valence-corrected chi connectivity index (χ2v) is 5.96. The lowest BCUT2D eigenvalue weighted by Crippen LogP contribution is -2.36. The molecule has 3 nitrogen and oxygen atoms in total. The maximum atomic E-state index is 5.96. The molecule has 0 saturated heterocycles. The molecule has 108 valence electrons. The lowest BCUT2D eigenvalue weighted by molar-refractivity contribution is 0.0980. The first-order valence-electron chi connectivity index (χ1n) is 6.60. The lowest BCUT2D eigenvalue weighted by Gasteiger charge is -2.30. The van der Waals surface area contributed by atoms with Gasteiger partial charge in [-0.05, 0) is 63.0 Å². The van der Waals surface area contributed by atoms with E-state index in [-0.39, 0.29) is 6.04 Å². The average molecular weight is 394 g/mol. The fourth-order valence-corrected chi connectivity index (χ4v) is 2.72. The summed E-state index contributed by atoms with van der Waals surface area (Å²) in [6.45, 7) is 8.15. The third-order valence-electron chi connectivity index (χ3n) is 3.13. The number of ether oxygens (including phenoxy) is 1. The summed E-state index contributed by atoms with van der Waals surface area (Å²) in [5.41, 5.74) is 7.20. The summed E-state index contributed by atoms with van der Waals surface area (Å²) in [5, 5.41) is 0. The fourth-order valence-electron chi connectivity index (χ4n) is 2.08. The van der Waals surface area contributed by atoms with Crippen molar-refractivity contribution in [3.05, 3.63) is 32.7 Å². The Kier molecular flexibility index (Phi) is 8.18. The molecule has 0 bridgehead atoms. The molecule has 1 unspecified atom stereocenters. The second kappa shape index (κ2) is 9.08. The predicted molar refractivity (Wildman–Crippen MR) is 87.4 cm³/mol. The molecule has 0 aromatic heterocycles. The van der Waals surface area contributed by atoms with Crippen molar-refractivity contribution in [1.29, 1.82) is 0 Å². The first-order valence-corrected chi connectivity index (χ1v) is 8.19. The summed E-state index contributed by atoms with van der Waals surface area (Å²) < 4.78 is 7.56. The topological polar surface area (TPSA) is 38.5 Å². The number of hydrogen-bond acceptors (Lipinski definition) is 3. The Labute approximate surface area is 132 Å². The Bertz CT molecular complexity index is 388. The van der Waals surface area contributed by atoms with E-state index in [1.54, 1.807) is 0 Å². The molecule has 5 heteroatoms. The van der Waals surface area contributed by atoms with Gasteiger partial charge in [0.15, 0.2) is 0 Å². The zero-order valence-corrected chi connectivity index (χ0v) is 14.7. The van der Waals surface area contributed by atoms with Crippen LogP contribution in [0.1, 0.15) is 25.5 Å². The van der Waals surface area contributed by atoms with Crippen LogP contribution in [0.25, 0.3) is 0 Å². The minimum atomic E-state index is 0.231. The zero-order chi connectivity index (χ0) is 14.3. The molecular formula is C14H22Br2N2O. The van der Waals surface area contributed by atoms with Gasteiger partial charge in [0.25, 0.3) is 0 Å². The molecule has 0 heterocycles. The molecule has 19 heavy (non-hydrogen) atoms. The van der Waals surface area contributed by atoms with E-state index in [0.717, 1.165) is 35.2 Å². The molecule has 1 aromatic carbocycles. The maximum Gasteiger partial charge on any atom is 0.0593 e. The van der Waals surface area contributed by atoms with Crippen molar-refractivity contribution in [1.82, 2.24) is 4.90 Å². The first-order chi connectivity index (χ1) is 9.13. The van der Waals surface area contributed by atoms with Gasteiger partial charge in [0, 0.05) is 34.7 Å². The average Bonchev–Trinajstić information content (AvgIpc) is 2.41. The Morgan fingerprint density at radius 1 is 1.26 bits per heavy atom. The Hall–Kier alpha value is 0.0600. The van der Waals surface area contributed by atoms with Crippen molar-refractivity contribution in [2.75, 3.05) is 32.8 Å². The summed E-state index contributed by atoms with van der Waals surface area (Å²) in [7, 11) is 0. The van der Waals surface area contributed by atoms with Gasteiger partial charge in [-0.3, -0.25) is 4.90 Å². The molecule has 1 rings (SSSR count). The summed E-state index contributed by atoms with van der Waals surface area (Å²) in [5.74, 6) is 0. The zero-order valence-electron chi connectivity index (χ0n) is 11.5. The maximum absolute atomic E-state index is 5.96. The van der Waals surface area contributed by atoms with Crippen LogP contribution in [-0.4, -0.2) is 37.7 Å². The van der Waals surface area contributed by atoms with Crippen LogP contribution >= 0.6 is 31.9 Å². The molecule has 0 aliphatic rings. The highest BCUT2D eigenvalue weighted by atomic mass is 79.9. The van der Waals surface area contributed by atoms with Crippen molar-refractivity contribution < 1.29 is 4.74 Å². The smallest absolute Gasteiger partial charge is 0.0593 e. The number of likely N-dealkylation sites (N-methyl/N-ethyl adjacent to an activating group) is 1. The number of rotatable bonds is 8. The minimum Gasteiger partial charge on any atom is -0.380 e. The Balaban J connectivity index is 2.80. The third kappa shape index (κ3) is 5.16. The summed E-state index contributed by atoms with van der Waals surface area (Å²) in [6, 6.07) is 6.54. The molecule has 1 atom stereocenters. The van der Waals surface area contributed by atoms with Gasteiger partial charge in [-0.25, -0.2) is 0 Å². The molecule has 0 fully saturated rings. The quantitative estimate of drug-likeness (QED) is 0.686. The van der Waals surface area contributed by atoms with Crippen molar-refractivity contribution in [2.45, 2.75) is 19.9 Å². The van der Waals surface area contributed by atoms with E-state index in [2.05, 4.69) is 61.9 Å². The van der Waals surface area contributed by atoms with Gasteiger partial charge in [-0.15, -0.1) is 0 Å². The monoisotopic (exact) mass is 392 g/mol. The molecular weight excluding hydrogens is 372 g/mol. The highest BCUT2D eigenvalue weighted by Crippen LogP contribution is 2.28. The van der Waals surface area contributed by atoms with Crippen LogP contribution in [0.3, 0.4) is 0 Å². The predicted octanol–water partition coefficient (Wildman–Crippen LogP) is 3.57. The van der Waals surface area contributed by atoms with Crippen molar-refractivity contribution in [3.63, 3.8) is 0 Å². The summed E-state index contributed by atoms with van der Waals surface area (Å²) in [6.07, 6.45) is 0. The highest BCUT2D eigenvalue weighted by Gasteiger charge is 2.18. The second-order valence-electron chi connectivity index (χ2n) is 4.25. The highest BCUT2D eigenvalue weighted by molar-refractivity contribution is 9.13. The first kappa shape index (κ1) is 17.1. The van der Waals surface area contributed by atoms with Gasteiger partial charge in [-0.2, -0.15) is 0 Å². The molecule has 0 aliphatic carbocycles.